The highest BCUT2D eigenvalue weighted by Gasteiger charge is 2.37. The van der Waals surface area contributed by atoms with Gasteiger partial charge < -0.3 is 208 Å². The molecule has 0 aliphatic rings. The molecule has 0 spiro atoms. The fourth-order valence-electron chi connectivity index (χ4n) is 4.23. The van der Waals surface area contributed by atoms with Crippen molar-refractivity contribution >= 4 is 77.6 Å². The first-order valence-corrected chi connectivity index (χ1v) is 35.8. The normalized spacial score (nSPS) is 9.80. The summed E-state index contributed by atoms with van der Waals surface area (Å²) in [6.45, 7) is 26.5. The average molecular weight is 1950 g/mol. The fourth-order valence-corrected chi connectivity index (χ4v) is 4.23. The highest BCUT2D eigenvalue weighted by atomic mass is 16.5. The van der Waals surface area contributed by atoms with Gasteiger partial charge in [-0.2, -0.15) is 0 Å². The van der Waals surface area contributed by atoms with Gasteiger partial charge in [0.05, 0.1) is 255 Å². The lowest BCUT2D eigenvalue weighted by Gasteiger charge is -2.31. The molecule has 0 bridgehead atoms. The van der Waals surface area contributed by atoms with Crippen LogP contribution in [0.3, 0.4) is 0 Å². The number of hydrogen-bond donors (Lipinski definition) is 37. The minimum atomic E-state index is -1.16. The number of carboxylic acids is 13. The molecule has 0 aromatic rings. The van der Waals surface area contributed by atoms with E-state index >= 15 is 0 Å². The average Bonchev–Trinajstić information content (AvgIpc) is 0.883. The van der Waals surface area contributed by atoms with Crippen LogP contribution in [0, 0.1) is 43.3 Å². The van der Waals surface area contributed by atoms with Gasteiger partial charge in [-0.1, -0.05) is 85.5 Å². The van der Waals surface area contributed by atoms with E-state index in [1.165, 1.54) is 0 Å². The zero-order valence-electron chi connectivity index (χ0n) is 73.3. The summed E-state index contributed by atoms with van der Waals surface area (Å²) in [6, 6.07) is 0. The van der Waals surface area contributed by atoms with Gasteiger partial charge in [0.2, 0.25) is 0 Å². The molecule has 0 saturated heterocycles. The second kappa shape index (κ2) is 111. The zero-order valence-corrected chi connectivity index (χ0v) is 73.3. The van der Waals surface area contributed by atoms with Crippen molar-refractivity contribution in [2.45, 2.75) is 0 Å². The first kappa shape index (κ1) is 162. The molecule has 0 aliphatic carbocycles. The number of ether oxygens (including phenoxy) is 4. The van der Waals surface area contributed by atoms with Crippen LogP contribution >= 0.6 is 0 Å². The Hall–Kier alpha value is -11.4. The summed E-state index contributed by atoms with van der Waals surface area (Å²) in [5.41, 5.74) is -9.28. The molecule has 0 amide bonds. The van der Waals surface area contributed by atoms with Crippen LogP contribution in [-0.2, 0) is 81.3 Å². The van der Waals surface area contributed by atoms with E-state index in [2.05, 4.69) is 85.5 Å². The maximum absolute atomic E-state index is 9.25. The molecule has 54 heteroatoms. The Morgan fingerprint density at radius 3 is 0.195 bits per heavy atom. The SMILES string of the molecule is C=CC(=O)O.C=CC(=O)O.C=CC(=O)O.C=CC(=O)O.C=CC(=O)O.C=CC(=O)O.C=CC(=O)O.C=CC(=O)O.C=CC(=O)O.C=CC(=O)O.C=CC(=O)O.C=CC(=O)O.C=CC(=O)O.OCC(CO)(CO)COCC(CO)(CO)CO.OCC(CO)(CO)COCC(CO)(CO)CO.OCC(CO)(CO)COCC(CO)(CO)CO.OCC(CO)(CO)COCC(CO)(CO)CO. The molecule has 0 aromatic carbocycles. The summed E-state index contributed by atoms with van der Waals surface area (Å²) < 4.78 is 20.6. The number of carbonyl (C=O) groups is 13. The molecule has 0 atom stereocenters. The smallest absolute Gasteiger partial charge is 0.327 e. The van der Waals surface area contributed by atoms with E-state index in [9.17, 15) is 62.3 Å². The van der Waals surface area contributed by atoms with Gasteiger partial charge in [0.15, 0.2) is 0 Å². The Morgan fingerprint density at radius 1 is 0.135 bits per heavy atom. The lowest BCUT2D eigenvalue weighted by Crippen LogP contribution is -2.43. The van der Waals surface area contributed by atoms with Gasteiger partial charge in [0.25, 0.3) is 0 Å². The van der Waals surface area contributed by atoms with Crippen molar-refractivity contribution in [3.05, 3.63) is 165 Å². The van der Waals surface area contributed by atoms with Crippen LogP contribution in [-0.4, -0.2) is 478 Å². The molecule has 0 heterocycles. The third-order valence-electron chi connectivity index (χ3n) is 13.6. The van der Waals surface area contributed by atoms with Crippen LogP contribution in [0.2, 0.25) is 0 Å². The third-order valence-corrected chi connectivity index (χ3v) is 13.6. The maximum Gasteiger partial charge on any atom is 0.327 e. The van der Waals surface area contributed by atoms with Gasteiger partial charge in [-0.05, 0) is 0 Å². The Kier molecular flexibility index (Phi) is 135. The minimum Gasteiger partial charge on any atom is -0.478 e. The van der Waals surface area contributed by atoms with Crippen LogP contribution in [0.15, 0.2) is 165 Å². The molecule has 37 N–H and O–H groups in total. The predicted molar refractivity (Wildman–Crippen MR) is 465 cm³/mol. The highest BCUT2D eigenvalue weighted by molar-refractivity contribution is 5.82. The predicted octanol–water partition coefficient (Wildman–Crippen LogP) is -8.94. The summed E-state index contributed by atoms with van der Waals surface area (Å²) in [5.74, 6) is -12.8. The first-order valence-electron chi connectivity index (χ1n) is 35.8. The molecule has 0 aliphatic heterocycles. The number of rotatable bonds is 53. The molecule has 0 saturated carbocycles. The van der Waals surface area contributed by atoms with E-state index in [-0.39, 0.29) is 52.9 Å². The number of hydrogen-bond acceptors (Lipinski definition) is 41. The Morgan fingerprint density at radius 2 is 0.173 bits per heavy atom. The van der Waals surface area contributed by atoms with Crippen molar-refractivity contribution < 1.29 is 270 Å². The van der Waals surface area contributed by atoms with Crippen molar-refractivity contribution in [3.63, 3.8) is 0 Å². The number of aliphatic hydroxyl groups is 24. The Bertz CT molecular complexity index is 2330. The molecule has 780 valence electrons. The van der Waals surface area contributed by atoms with Gasteiger partial charge in [-0.3, -0.25) is 0 Å². The van der Waals surface area contributed by atoms with Crippen LogP contribution < -0.4 is 0 Å². The lowest BCUT2D eigenvalue weighted by molar-refractivity contribution is -0.132. The molecule has 0 aromatic heterocycles. The van der Waals surface area contributed by atoms with Crippen molar-refractivity contribution in [2.75, 3.05) is 211 Å². The summed E-state index contributed by atoms with van der Waals surface area (Å²) in [6.07, 6.45) is 10.8. The molecule has 0 unspecified atom stereocenters. The van der Waals surface area contributed by atoms with Gasteiger partial charge in [-0.15, -0.1) is 0 Å². The van der Waals surface area contributed by atoms with Gasteiger partial charge in [0.1, 0.15) is 0 Å². The van der Waals surface area contributed by atoms with Crippen molar-refractivity contribution in [1.29, 1.82) is 0 Å². The maximum atomic E-state index is 9.25. The third kappa shape index (κ3) is 121. The summed E-state index contributed by atoms with van der Waals surface area (Å²) in [7, 11) is 0. The number of aliphatic carboxylic acids is 13. The zero-order chi connectivity index (χ0) is 109. The van der Waals surface area contributed by atoms with Crippen LogP contribution in [0.4, 0.5) is 0 Å². The molecule has 0 rings (SSSR count). The van der Waals surface area contributed by atoms with E-state index in [0.29, 0.717) is 0 Å². The summed E-state index contributed by atoms with van der Waals surface area (Å²) in [5, 5.41) is 316. The van der Waals surface area contributed by atoms with E-state index in [4.69, 9.17) is 208 Å². The van der Waals surface area contributed by atoms with E-state index < -0.39 is 279 Å². The Labute approximate surface area is 764 Å². The van der Waals surface area contributed by atoms with E-state index in [1.54, 1.807) is 0 Å². The number of carboxylic acid groups (broad SMARTS) is 13. The topological polar surface area (TPSA) is 1010 Å². The highest BCUT2D eigenvalue weighted by Crippen LogP contribution is 2.24. The van der Waals surface area contributed by atoms with Gasteiger partial charge in [0, 0.05) is 79.0 Å². The molecule has 0 fully saturated rings. The fraction of sp³-hybridized carbons (Fsp3) is 0.506. The van der Waals surface area contributed by atoms with Crippen LogP contribution in [0.5, 0.6) is 0 Å². The molecule has 54 nitrogen and oxygen atoms in total. The van der Waals surface area contributed by atoms with Gasteiger partial charge in [-0.25, -0.2) is 62.3 Å². The van der Waals surface area contributed by atoms with Crippen molar-refractivity contribution in [3.8, 4) is 0 Å². The summed E-state index contributed by atoms with van der Waals surface area (Å²) >= 11 is 0. The standard InChI is InChI=1S/4C10H22O7.13C3H4O2/c4*11-1-9(2-12,3-13)7-17-8-10(4-14,5-15)6-16;13*1-2-3(4)5/h4*11-16H,1-8H2;13*2H,1H2,(H,4,5). The van der Waals surface area contributed by atoms with E-state index in [0.717, 1.165) is 79.0 Å². The largest absolute Gasteiger partial charge is 0.478 e. The lowest BCUT2D eigenvalue weighted by atomic mass is 9.91. The molecule has 133 heavy (non-hydrogen) atoms. The Balaban J connectivity index is -0.0000000741. The van der Waals surface area contributed by atoms with Crippen LogP contribution in [0.25, 0.3) is 0 Å². The second-order valence-corrected chi connectivity index (χ2v) is 24.8. The summed E-state index contributed by atoms with van der Waals surface area (Å²) in [4.78, 5) is 120. The second-order valence-electron chi connectivity index (χ2n) is 24.8. The molecular formula is C79H140O54. The van der Waals surface area contributed by atoms with Gasteiger partial charge >= 0.3 is 77.6 Å². The first-order chi connectivity index (χ1) is 61.8. The quantitative estimate of drug-likeness (QED) is 0.0252. The molecule has 0 radical (unpaired) electrons. The van der Waals surface area contributed by atoms with E-state index in [1.807, 2.05) is 0 Å². The number of aliphatic hydroxyl groups excluding tert-OH is 24. The minimum absolute atomic E-state index is 0.141. The monoisotopic (exact) mass is 1950 g/mol. The van der Waals surface area contributed by atoms with Crippen molar-refractivity contribution in [1.82, 2.24) is 0 Å². The van der Waals surface area contributed by atoms with Crippen molar-refractivity contribution in [2.24, 2.45) is 43.3 Å². The molecular weight excluding hydrogens is 1810 g/mol. The van der Waals surface area contributed by atoms with Crippen LogP contribution in [0.1, 0.15) is 0 Å².